The zero-order chi connectivity index (χ0) is 15.0. The molecule has 0 radical (unpaired) electrons. The normalized spacial score (nSPS) is 36.8. The SMILES string of the molecule is CC(C)NC[C@@H](O)CCO[C@@H]1C[C@@H]2CC[C@]1(C)C2(C)C. The monoisotopic (exact) mass is 283 g/mol. The Labute approximate surface area is 124 Å². The van der Waals surface area contributed by atoms with Crippen molar-refractivity contribution in [2.75, 3.05) is 13.2 Å². The summed E-state index contributed by atoms with van der Waals surface area (Å²) in [5.41, 5.74) is 0.744. The van der Waals surface area contributed by atoms with Crippen molar-refractivity contribution in [2.24, 2.45) is 16.7 Å². The molecule has 3 heteroatoms. The molecule has 0 unspecified atom stereocenters. The molecule has 0 aromatic carbocycles. The molecule has 0 aliphatic heterocycles. The van der Waals surface area contributed by atoms with Gasteiger partial charge in [-0.15, -0.1) is 0 Å². The fourth-order valence-corrected chi connectivity index (χ4v) is 4.20. The molecule has 2 saturated carbocycles. The Morgan fingerprint density at radius 1 is 1.30 bits per heavy atom. The van der Waals surface area contributed by atoms with E-state index < -0.39 is 0 Å². The molecule has 0 heterocycles. The molecule has 2 fully saturated rings. The van der Waals surface area contributed by atoms with Gasteiger partial charge in [0.2, 0.25) is 0 Å². The van der Waals surface area contributed by atoms with Gasteiger partial charge in [-0.3, -0.25) is 0 Å². The zero-order valence-corrected chi connectivity index (χ0v) is 13.9. The van der Waals surface area contributed by atoms with Gasteiger partial charge in [0.25, 0.3) is 0 Å². The summed E-state index contributed by atoms with van der Waals surface area (Å²) in [6.45, 7) is 12.8. The quantitative estimate of drug-likeness (QED) is 0.755. The van der Waals surface area contributed by atoms with Crippen LogP contribution in [0.15, 0.2) is 0 Å². The lowest BCUT2D eigenvalue weighted by Gasteiger charge is -2.39. The summed E-state index contributed by atoms with van der Waals surface area (Å²) in [6, 6.07) is 0.427. The highest BCUT2D eigenvalue weighted by Crippen LogP contribution is 2.66. The van der Waals surface area contributed by atoms with Gasteiger partial charge >= 0.3 is 0 Å². The molecular formula is C17H33NO2. The first-order valence-electron chi connectivity index (χ1n) is 8.30. The van der Waals surface area contributed by atoms with Crippen molar-refractivity contribution < 1.29 is 9.84 Å². The van der Waals surface area contributed by atoms with Crippen molar-refractivity contribution in [3.8, 4) is 0 Å². The summed E-state index contributed by atoms with van der Waals surface area (Å²) in [5, 5.41) is 13.2. The third kappa shape index (κ3) is 2.90. The van der Waals surface area contributed by atoms with Gasteiger partial charge in [-0.05, 0) is 42.4 Å². The van der Waals surface area contributed by atoms with Crippen LogP contribution in [0, 0.1) is 16.7 Å². The average Bonchev–Trinajstić information content (AvgIpc) is 2.69. The number of hydrogen-bond acceptors (Lipinski definition) is 3. The largest absolute Gasteiger partial charge is 0.392 e. The van der Waals surface area contributed by atoms with Gasteiger partial charge < -0.3 is 15.2 Å². The number of nitrogens with one attached hydrogen (secondary N) is 1. The maximum Gasteiger partial charge on any atom is 0.0686 e. The minimum absolute atomic E-state index is 0.295. The second kappa shape index (κ2) is 5.94. The number of ether oxygens (including phenoxy) is 1. The predicted octanol–water partition coefficient (Wildman–Crippen LogP) is 2.97. The summed E-state index contributed by atoms with van der Waals surface area (Å²) in [7, 11) is 0. The number of fused-ring (bicyclic) bond motifs is 2. The van der Waals surface area contributed by atoms with Crippen LogP contribution >= 0.6 is 0 Å². The molecule has 4 atom stereocenters. The molecule has 118 valence electrons. The van der Waals surface area contributed by atoms with Crippen LogP contribution in [0.4, 0.5) is 0 Å². The Kier molecular flexibility index (Phi) is 4.83. The molecule has 0 amide bonds. The number of aliphatic hydroxyl groups excluding tert-OH is 1. The first-order chi connectivity index (χ1) is 9.27. The van der Waals surface area contributed by atoms with E-state index in [1.165, 1.54) is 19.3 Å². The van der Waals surface area contributed by atoms with Crippen molar-refractivity contribution >= 4 is 0 Å². The van der Waals surface area contributed by atoms with E-state index in [0.717, 1.165) is 12.3 Å². The maximum absolute atomic E-state index is 9.93. The molecule has 0 saturated heterocycles. The standard InChI is InChI=1S/C17H33NO2/c1-12(2)18-11-14(19)7-9-20-15-10-13-6-8-17(15,5)16(13,3)4/h12-15,18-19H,6-11H2,1-5H3/t13-,14-,15+,17-/m0/s1. The highest BCUT2D eigenvalue weighted by Gasteiger charge is 2.61. The highest BCUT2D eigenvalue weighted by molar-refractivity contribution is 5.11. The van der Waals surface area contributed by atoms with Crippen molar-refractivity contribution in [1.82, 2.24) is 5.32 Å². The molecule has 20 heavy (non-hydrogen) atoms. The van der Waals surface area contributed by atoms with Crippen LogP contribution in [0.2, 0.25) is 0 Å². The molecular weight excluding hydrogens is 250 g/mol. The van der Waals surface area contributed by atoms with Crippen LogP contribution < -0.4 is 5.32 Å². The molecule has 0 aromatic rings. The minimum Gasteiger partial charge on any atom is -0.392 e. The summed E-state index contributed by atoms with van der Waals surface area (Å²) < 4.78 is 6.17. The van der Waals surface area contributed by atoms with Crippen molar-refractivity contribution in [3.63, 3.8) is 0 Å². The second-order valence-electron chi connectivity index (χ2n) is 7.98. The van der Waals surface area contributed by atoms with Gasteiger partial charge in [0.05, 0.1) is 12.2 Å². The lowest BCUT2D eigenvalue weighted by atomic mass is 9.70. The van der Waals surface area contributed by atoms with Crippen LogP contribution in [0.3, 0.4) is 0 Å². The van der Waals surface area contributed by atoms with Gasteiger partial charge in [-0.1, -0.05) is 34.6 Å². The van der Waals surface area contributed by atoms with E-state index in [0.29, 0.717) is 36.1 Å². The fraction of sp³-hybridized carbons (Fsp3) is 1.00. The van der Waals surface area contributed by atoms with E-state index >= 15 is 0 Å². The third-order valence-corrected chi connectivity index (χ3v) is 6.25. The Bertz CT molecular complexity index is 329. The predicted molar refractivity (Wildman–Crippen MR) is 82.7 cm³/mol. The van der Waals surface area contributed by atoms with Gasteiger partial charge in [-0.25, -0.2) is 0 Å². The topological polar surface area (TPSA) is 41.5 Å². The Hall–Kier alpha value is -0.120. The Morgan fingerprint density at radius 3 is 2.50 bits per heavy atom. The summed E-state index contributed by atoms with van der Waals surface area (Å²) in [4.78, 5) is 0. The molecule has 2 bridgehead atoms. The van der Waals surface area contributed by atoms with E-state index in [1.54, 1.807) is 0 Å². The lowest BCUT2D eigenvalue weighted by molar-refractivity contribution is -0.0546. The number of aliphatic hydroxyl groups is 1. The lowest BCUT2D eigenvalue weighted by Crippen LogP contribution is -2.38. The second-order valence-corrected chi connectivity index (χ2v) is 7.98. The molecule has 0 aromatic heterocycles. The molecule has 3 nitrogen and oxygen atoms in total. The molecule has 2 aliphatic rings. The molecule has 2 N–H and O–H groups in total. The summed E-state index contributed by atoms with van der Waals surface area (Å²) >= 11 is 0. The van der Waals surface area contributed by atoms with Crippen LogP contribution in [0.1, 0.15) is 60.3 Å². The van der Waals surface area contributed by atoms with E-state index in [9.17, 15) is 5.11 Å². The van der Waals surface area contributed by atoms with Crippen molar-refractivity contribution in [2.45, 2.75) is 78.6 Å². The van der Waals surface area contributed by atoms with E-state index in [2.05, 4.69) is 39.9 Å². The first kappa shape index (κ1) is 16.3. The smallest absolute Gasteiger partial charge is 0.0686 e. The van der Waals surface area contributed by atoms with E-state index in [1.807, 2.05) is 0 Å². The van der Waals surface area contributed by atoms with Crippen LogP contribution in [0.5, 0.6) is 0 Å². The van der Waals surface area contributed by atoms with Crippen molar-refractivity contribution in [1.29, 1.82) is 0 Å². The Balaban J connectivity index is 1.73. The molecule has 0 spiro atoms. The summed E-state index contributed by atoms with van der Waals surface area (Å²) in [6.07, 6.45) is 4.71. The van der Waals surface area contributed by atoms with E-state index in [4.69, 9.17) is 4.74 Å². The van der Waals surface area contributed by atoms with Crippen molar-refractivity contribution in [3.05, 3.63) is 0 Å². The van der Waals surface area contributed by atoms with Crippen LogP contribution in [-0.2, 0) is 4.74 Å². The van der Waals surface area contributed by atoms with Gasteiger partial charge in [0.15, 0.2) is 0 Å². The number of rotatable bonds is 7. The Morgan fingerprint density at radius 2 is 2.00 bits per heavy atom. The van der Waals surface area contributed by atoms with Gasteiger partial charge in [0.1, 0.15) is 0 Å². The van der Waals surface area contributed by atoms with Crippen LogP contribution in [-0.4, -0.2) is 36.5 Å². The molecule has 2 aliphatic carbocycles. The van der Waals surface area contributed by atoms with E-state index in [-0.39, 0.29) is 6.10 Å². The van der Waals surface area contributed by atoms with Gasteiger partial charge in [0, 0.05) is 19.2 Å². The first-order valence-corrected chi connectivity index (χ1v) is 8.30. The average molecular weight is 283 g/mol. The zero-order valence-electron chi connectivity index (χ0n) is 13.9. The van der Waals surface area contributed by atoms with Gasteiger partial charge in [-0.2, -0.15) is 0 Å². The maximum atomic E-state index is 9.93. The highest BCUT2D eigenvalue weighted by atomic mass is 16.5. The van der Waals surface area contributed by atoms with Crippen LogP contribution in [0.25, 0.3) is 0 Å². The summed E-state index contributed by atoms with van der Waals surface area (Å²) in [5.74, 6) is 0.824. The number of hydrogen-bond donors (Lipinski definition) is 2. The minimum atomic E-state index is -0.295. The molecule has 2 rings (SSSR count). The third-order valence-electron chi connectivity index (χ3n) is 6.25. The fourth-order valence-electron chi connectivity index (χ4n) is 4.20.